The summed E-state index contributed by atoms with van der Waals surface area (Å²) in [5, 5.41) is 10.8. The molecule has 1 fully saturated rings. The standard InChI is InChI=1S/C21H21N3O5/c1-29-19-7-3-5-17(15-19)21(26)23-12-10-22(11-13-23)20(25)9-8-16-4-2-6-18(14-16)24(27)28/h2-9,14-15H,10-13H2,1H3/b9-8+. The lowest BCUT2D eigenvalue weighted by Gasteiger charge is -2.34. The molecule has 0 radical (unpaired) electrons. The maximum Gasteiger partial charge on any atom is 0.270 e. The lowest BCUT2D eigenvalue weighted by molar-refractivity contribution is -0.384. The summed E-state index contributed by atoms with van der Waals surface area (Å²) in [5.41, 5.74) is 1.11. The Morgan fingerprint density at radius 2 is 1.72 bits per heavy atom. The minimum atomic E-state index is -0.474. The second-order valence-corrected chi connectivity index (χ2v) is 6.53. The molecule has 0 N–H and O–H groups in total. The van der Waals surface area contributed by atoms with Gasteiger partial charge in [0.25, 0.3) is 11.6 Å². The molecule has 0 spiro atoms. The number of carbonyl (C=O) groups excluding carboxylic acids is 2. The number of nitrogens with zero attached hydrogens (tertiary/aromatic N) is 3. The number of hydrogen-bond acceptors (Lipinski definition) is 5. The zero-order valence-electron chi connectivity index (χ0n) is 16.0. The van der Waals surface area contributed by atoms with Crippen LogP contribution in [0, 0.1) is 10.1 Å². The van der Waals surface area contributed by atoms with Crippen LogP contribution in [0.5, 0.6) is 5.75 Å². The van der Waals surface area contributed by atoms with Gasteiger partial charge in [-0.15, -0.1) is 0 Å². The predicted octanol–water partition coefficient (Wildman–Crippen LogP) is 2.60. The molecule has 2 amide bonds. The van der Waals surface area contributed by atoms with Gasteiger partial charge in [0.1, 0.15) is 5.75 Å². The van der Waals surface area contributed by atoms with Crippen molar-refractivity contribution in [3.63, 3.8) is 0 Å². The van der Waals surface area contributed by atoms with Gasteiger partial charge in [0.2, 0.25) is 5.91 Å². The average Bonchev–Trinajstić information content (AvgIpc) is 2.77. The fraction of sp³-hybridized carbons (Fsp3) is 0.238. The van der Waals surface area contributed by atoms with Gasteiger partial charge in [-0.2, -0.15) is 0 Å². The van der Waals surface area contributed by atoms with Gasteiger partial charge >= 0.3 is 0 Å². The molecule has 0 bridgehead atoms. The SMILES string of the molecule is COc1cccc(C(=O)N2CCN(C(=O)/C=C/c3cccc([N+](=O)[O-])c3)CC2)c1. The molecule has 0 unspecified atom stereocenters. The molecule has 8 heteroatoms. The molecule has 0 aliphatic carbocycles. The van der Waals surface area contributed by atoms with Crippen LogP contribution < -0.4 is 4.74 Å². The number of nitro benzene ring substituents is 1. The number of nitro groups is 1. The first-order valence-electron chi connectivity index (χ1n) is 9.12. The van der Waals surface area contributed by atoms with Crippen LogP contribution in [0.4, 0.5) is 5.69 Å². The highest BCUT2D eigenvalue weighted by atomic mass is 16.6. The van der Waals surface area contributed by atoms with Crippen LogP contribution in [0.2, 0.25) is 0 Å². The fourth-order valence-electron chi connectivity index (χ4n) is 3.08. The summed E-state index contributed by atoms with van der Waals surface area (Å²) in [5.74, 6) is 0.337. The van der Waals surface area contributed by atoms with Crippen molar-refractivity contribution in [3.05, 3.63) is 75.8 Å². The number of rotatable bonds is 5. The molecule has 150 valence electrons. The normalized spacial score (nSPS) is 14.1. The number of ether oxygens (including phenoxy) is 1. The van der Waals surface area contributed by atoms with Crippen LogP contribution in [0.25, 0.3) is 6.08 Å². The Hall–Kier alpha value is -3.68. The van der Waals surface area contributed by atoms with E-state index < -0.39 is 4.92 Å². The van der Waals surface area contributed by atoms with Crippen LogP contribution in [0.1, 0.15) is 15.9 Å². The number of carbonyl (C=O) groups is 2. The first-order valence-corrected chi connectivity index (χ1v) is 9.12. The van der Waals surface area contributed by atoms with E-state index in [0.717, 1.165) is 0 Å². The fourth-order valence-corrected chi connectivity index (χ4v) is 3.08. The summed E-state index contributed by atoms with van der Waals surface area (Å²) in [7, 11) is 1.55. The Kier molecular flexibility index (Phi) is 6.23. The number of methoxy groups -OCH3 is 1. The zero-order valence-corrected chi connectivity index (χ0v) is 16.0. The first-order chi connectivity index (χ1) is 14.0. The number of benzene rings is 2. The quantitative estimate of drug-likeness (QED) is 0.441. The number of hydrogen-bond donors (Lipinski definition) is 0. The molecule has 1 saturated heterocycles. The monoisotopic (exact) mass is 395 g/mol. The van der Waals surface area contributed by atoms with Gasteiger partial charge in [-0.05, 0) is 29.8 Å². The summed E-state index contributed by atoms with van der Waals surface area (Å²) in [6, 6.07) is 13.1. The molecule has 2 aromatic carbocycles. The summed E-state index contributed by atoms with van der Waals surface area (Å²) in [6.45, 7) is 1.72. The Bertz CT molecular complexity index is 949. The Morgan fingerprint density at radius 3 is 2.41 bits per heavy atom. The molecule has 1 aliphatic rings. The summed E-state index contributed by atoms with van der Waals surface area (Å²) in [6.07, 6.45) is 2.96. The van der Waals surface area contributed by atoms with Crippen molar-refractivity contribution in [3.8, 4) is 5.75 Å². The Balaban J connectivity index is 1.57. The van der Waals surface area contributed by atoms with Gasteiger partial charge in [0.15, 0.2) is 0 Å². The van der Waals surface area contributed by atoms with E-state index in [2.05, 4.69) is 0 Å². The van der Waals surface area contributed by atoms with Crippen LogP contribution in [-0.4, -0.2) is 59.8 Å². The van der Waals surface area contributed by atoms with Crippen molar-refractivity contribution in [1.82, 2.24) is 9.80 Å². The molecule has 0 saturated carbocycles. The highest BCUT2D eigenvalue weighted by molar-refractivity contribution is 5.95. The molecule has 8 nitrogen and oxygen atoms in total. The van der Waals surface area contributed by atoms with E-state index in [1.807, 2.05) is 0 Å². The second kappa shape index (κ2) is 9.01. The van der Waals surface area contributed by atoms with Crippen molar-refractivity contribution in [2.75, 3.05) is 33.3 Å². The highest BCUT2D eigenvalue weighted by Crippen LogP contribution is 2.17. The molecule has 0 atom stereocenters. The van der Waals surface area contributed by atoms with E-state index >= 15 is 0 Å². The van der Waals surface area contributed by atoms with Crippen molar-refractivity contribution >= 4 is 23.6 Å². The lowest BCUT2D eigenvalue weighted by atomic mass is 10.1. The molecule has 0 aromatic heterocycles. The van der Waals surface area contributed by atoms with Crippen molar-refractivity contribution < 1.29 is 19.2 Å². The molecule has 29 heavy (non-hydrogen) atoms. The number of non-ortho nitro benzene ring substituents is 1. The summed E-state index contributed by atoms with van der Waals surface area (Å²) < 4.78 is 5.16. The summed E-state index contributed by atoms with van der Waals surface area (Å²) in [4.78, 5) is 38.8. The smallest absolute Gasteiger partial charge is 0.270 e. The van der Waals surface area contributed by atoms with Gasteiger partial charge in [-0.25, -0.2) is 0 Å². The predicted molar refractivity (Wildman–Crippen MR) is 108 cm³/mol. The van der Waals surface area contributed by atoms with Gasteiger partial charge in [-0.1, -0.05) is 18.2 Å². The van der Waals surface area contributed by atoms with E-state index in [-0.39, 0.29) is 17.5 Å². The molecular weight excluding hydrogens is 374 g/mol. The average molecular weight is 395 g/mol. The van der Waals surface area contributed by atoms with Gasteiger partial charge in [0, 0.05) is 50.0 Å². The van der Waals surface area contributed by atoms with Crippen LogP contribution in [-0.2, 0) is 4.79 Å². The molecule has 1 aliphatic heterocycles. The molecule has 3 rings (SSSR count). The number of piperazine rings is 1. The van der Waals surface area contributed by atoms with E-state index in [0.29, 0.717) is 43.1 Å². The van der Waals surface area contributed by atoms with E-state index in [1.54, 1.807) is 59.4 Å². The van der Waals surface area contributed by atoms with Crippen molar-refractivity contribution in [2.24, 2.45) is 0 Å². The van der Waals surface area contributed by atoms with Crippen LogP contribution in [0.15, 0.2) is 54.6 Å². The highest BCUT2D eigenvalue weighted by Gasteiger charge is 2.24. The van der Waals surface area contributed by atoms with Gasteiger partial charge in [0.05, 0.1) is 12.0 Å². The minimum Gasteiger partial charge on any atom is -0.497 e. The topological polar surface area (TPSA) is 93.0 Å². The second-order valence-electron chi connectivity index (χ2n) is 6.53. The van der Waals surface area contributed by atoms with Gasteiger partial charge in [-0.3, -0.25) is 19.7 Å². The zero-order chi connectivity index (χ0) is 20.8. The molecule has 1 heterocycles. The Labute approximate surface area is 168 Å². The third kappa shape index (κ3) is 4.98. The Morgan fingerprint density at radius 1 is 1.03 bits per heavy atom. The third-order valence-corrected chi connectivity index (χ3v) is 4.69. The van der Waals surface area contributed by atoms with Crippen LogP contribution >= 0.6 is 0 Å². The van der Waals surface area contributed by atoms with E-state index in [9.17, 15) is 19.7 Å². The van der Waals surface area contributed by atoms with Crippen molar-refractivity contribution in [2.45, 2.75) is 0 Å². The van der Waals surface area contributed by atoms with Crippen LogP contribution in [0.3, 0.4) is 0 Å². The first kappa shape index (κ1) is 20.1. The largest absolute Gasteiger partial charge is 0.497 e. The minimum absolute atomic E-state index is 0.0238. The molecule has 2 aromatic rings. The van der Waals surface area contributed by atoms with Crippen molar-refractivity contribution in [1.29, 1.82) is 0 Å². The lowest BCUT2D eigenvalue weighted by Crippen LogP contribution is -2.50. The van der Waals surface area contributed by atoms with E-state index in [1.165, 1.54) is 18.2 Å². The third-order valence-electron chi connectivity index (χ3n) is 4.69. The maximum absolute atomic E-state index is 12.6. The number of amides is 2. The maximum atomic E-state index is 12.6. The molecular formula is C21H21N3O5. The van der Waals surface area contributed by atoms with E-state index in [4.69, 9.17) is 4.74 Å². The summed E-state index contributed by atoms with van der Waals surface area (Å²) >= 11 is 0. The van der Waals surface area contributed by atoms with Gasteiger partial charge < -0.3 is 14.5 Å².